The normalized spacial score (nSPS) is 11.6. The van der Waals surface area contributed by atoms with Gasteiger partial charge in [0, 0.05) is 23.3 Å². The quantitative estimate of drug-likeness (QED) is 0.675. The van der Waals surface area contributed by atoms with Crippen LogP contribution in [0.3, 0.4) is 0 Å². The minimum Gasteiger partial charge on any atom is -0.354 e. The number of halogens is 1. The van der Waals surface area contributed by atoms with Crippen LogP contribution < -0.4 is 10.5 Å². The van der Waals surface area contributed by atoms with Crippen LogP contribution in [0.2, 0.25) is 5.02 Å². The summed E-state index contributed by atoms with van der Waals surface area (Å²) >= 11 is 6.02. The van der Waals surface area contributed by atoms with Gasteiger partial charge in [0.05, 0.1) is 4.90 Å². The van der Waals surface area contributed by atoms with Crippen molar-refractivity contribution in [3.63, 3.8) is 0 Å². The van der Waals surface area contributed by atoms with Crippen molar-refractivity contribution >= 4 is 38.4 Å². The molecule has 6 nitrogen and oxygen atoms in total. The summed E-state index contributed by atoms with van der Waals surface area (Å²) < 4.78 is 24.3. The summed E-state index contributed by atoms with van der Waals surface area (Å²) in [7, 11) is -3.69. The minimum absolute atomic E-state index is 0.0726. The van der Waals surface area contributed by atoms with E-state index in [4.69, 9.17) is 16.7 Å². The highest BCUT2D eigenvalue weighted by molar-refractivity contribution is 7.89. The molecule has 0 unspecified atom stereocenters. The predicted octanol–water partition coefficient (Wildman–Crippen LogP) is 2.30. The largest absolute Gasteiger partial charge is 0.354 e. The standard InChI is InChI=1S/C18H18ClN3O3S/c19-15-4-3-14-8-10-22(17(14)11-15)12-18(23)21-9-7-13-1-5-16(6-2-13)26(20,24)25/h1-6,8,10-11H,7,9,12H2,(H,21,23)(H2,20,24,25). The number of nitrogens with two attached hydrogens (primary N) is 1. The number of hydrogen-bond donors (Lipinski definition) is 2. The number of amides is 1. The fourth-order valence-electron chi connectivity index (χ4n) is 2.70. The molecule has 0 bridgehead atoms. The SMILES string of the molecule is NS(=O)(=O)c1ccc(CCNC(=O)Cn2ccc3ccc(Cl)cc32)cc1. The second kappa shape index (κ2) is 7.49. The van der Waals surface area contributed by atoms with Gasteiger partial charge in [0.1, 0.15) is 6.54 Å². The Morgan fingerprint density at radius 2 is 1.85 bits per heavy atom. The maximum atomic E-state index is 12.2. The van der Waals surface area contributed by atoms with E-state index in [1.807, 2.05) is 35.0 Å². The highest BCUT2D eigenvalue weighted by atomic mass is 35.5. The number of benzene rings is 2. The van der Waals surface area contributed by atoms with Crippen LogP contribution in [0.4, 0.5) is 0 Å². The van der Waals surface area contributed by atoms with E-state index >= 15 is 0 Å². The third-order valence-electron chi connectivity index (χ3n) is 4.04. The average Bonchev–Trinajstić information content (AvgIpc) is 2.96. The van der Waals surface area contributed by atoms with Gasteiger partial charge in [0.25, 0.3) is 0 Å². The summed E-state index contributed by atoms with van der Waals surface area (Å²) in [6.07, 6.45) is 2.45. The molecule has 1 aromatic heterocycles. The molecule has 0 aliphatic heterocycles. The summed E-state index contributed by atoms with van der Waals surface area (Å²) in [6, 6.07) is 13.8. The Hall–Kier alpha value is -2.35. The molecule has 26 heavy (non-hydrogen) atoms. The number of primary sulfonamides is 1. The van der Waals surface area contributed by atoms with Crippen LogP contribution in [-0.2, 0) is 27.8 Å². The van der Waals surface area contributed by atoms with E-state index in [1.165, 1.54) is 12.1 Å². The average molecular weight is 392 g/mol. The molecule has 1 amide bonds. The van der Waals surface area contributed by atoms with Gasteiger partial charge >= 0.3 is 0 Å². The zero-order valence-corrected chi connectivity index (χ0v) is 15.4. The Labute approximate surface area is 156 Å². The number of nitrogens with one attached hydrogen (secondary N) is 1. The Balaban J connectivity index is 1.55. The molecule has 0 fully saturated rings. The molecular formula is C18H18ClN3O3S. The van der Waals surface area contributed by atoms with Crippen molar-refractivity contribution in [2.75, 3.05) is 6.54 Å². The number of fused-ring (bicyclic) bond motifs is 1. The number of hydrogen-bond acceptors (Lipinski definition) is 3. The molecule has 0 aliphatic carbocycles. The van der Waals surface area contributed by atoms with Gasteiger partial charge in [-0.05, 0) is 47.7 Å². The number of rotatable bonds is 6. The third kappa shape index (κ3) is 4.43. The fourth-order valence-corrected chi connectivity index (χ4v) is 3.38. The van der Waals surface area contributed by atoms with Crippen molar-refractivity contribution in [2.45, 2.75) is 17.9 Å². The molecule has 0 saturated heterocycles. The molecular weight excluding hydrogens is 374 g/mol. The smallest absolute Gasteiger partial charge is 0.239 e. The van der Waals surface area contributed by atoms with Gasteiger partial charge in [-0.1, -0.05) is 29.8 Å². The molecule has 2 aromatic carbocycles. The van der Waals surface area contributed by atoms with E-state index in [0.717, 1.165) is 16.5 Å². The number of nitrogens with zero attached hydrogens (tertiary/aromatic N) is 1. The van der Waals surface area contributed by atoms with Crippen molar-refractivity contribution in [3.8, 4) is 0 Å². The molecule has 3 aromatic rings. The minimum atomic E-state index is -3.69. The van der Waals surface area contributed by atoms with Crippen molar-refractivity contribution in [1.29, 1.82) is 0 Å². The van der Waals surface area contributed by atoms with E-state index in [9.17, 15) is 13.2 Å². The first-order valence-electron chi connectivity index (χ1n) is 7.96. The van der Waals surface area contributed by atoms with Crippen LogP contribution in [0.25, 0.3) is 10.9 Å². The molecule has 1 heterocycles. The van der Waals surface area contributed by atoms with Crippen LogP contribution in [-0.4, -0.2) is 25.4 Å². The number of sulfonamides is 1. The van der Waals surface area contributed by atoms with Crippen LogP contribution in [0.1, 0.15) is 5.56 Å². The van der Waals surface area contributed by atoms with Crippen LogP contribution >= 0.6 is 11.6 Å². The third-order valence-corrected chi connectivity index (χ3v) is 5.20. The first kappa shape index (κ1) is 18.4. The van der Waals surface area contributed by atoms with Crippen LogP contribution in [0, 0.1) is 0 Å². The lowest BCUT2D eigenvalue weighted by molar-refractivity contribution is -0.121. The van der Waals surface area contributed by atoms with E-state index in [-0.39, 0.29) is 17.3 Å². The summed E-state index contributed by atoms with van der Waals surface area (Å²) in [6.45, 7) is 0.654. The number of carbonyl (C=O) groups excluding carboxylic acids is 1. The van der Waals surface area contributed by atoms with Crippen LogP contribution in [0.5, 0.6) is 0 Å². The first-order valence-corrected chi connectivity index (χ1v) is 9.88. The highest BCUT2D eigenvalue weighted by Gasteiger charge is 2.08. The fraction of sp³-hybridized carbons (Fsp3) is 0.167. The van der Waals surface area contributed by atoms with Crippen molar-refractivity contribution in [1.82, 2.24) is 9.88 Å². The summed E-state index contributed by atoms with van der Waals surface area (Å²) in [4.78, 5) is 12.2. The summed E-state index contributed by atoms with van der Waals surface area (Å²) in [5.41, 5.74) is 1.82. The monoisotopic (exact) mass is 391 g/mol. The molecule has 8 heteroatoms. The zero-order chi connectivity index (χ0) is 18.7. The second-order valence-electron chi connectivity index (χ2n) is 5.94. The van der Waals surface area contributed by atoms with Gasteiger partial charge in [-0.3, -0.25) is 4.79 Å². The van der Waals surface area contributed by atoms with E-state index < -0.39 is 10.0 Å². The number of aromatic nitrogens is 1. The summed E-state index contributed by atoms with van der Waals surface area (Å²) in [5, 5.41) is 9.57. The van der Waals surface area contributed by atoms with Gasteiger partial charge < -0.3 is 9.88 Å². The Morgan fingerprint density at radius 1 is 1.12 bits per heavy atom. The van der Waals surface area contributed by atoms with Gasteiger partial charge in [-0.2, -0.15) is 0 Å². The maximum Gasteiger partial charge on any atom is 0.239 e. The Morgan fingerprint density at radius 3 is 2.54 bits per heavy atom. The van der Waals surface area contributed by atoms with Crippen LogP contribution in [0.15, 0.2) is 59.6 Å². The topological polar surface area (TPSA) is 94.2 Å². The molecule has 136 valence electrons. The molecule has 3 rings (SSSR count). The maximum absolute atomic E-state index is 12.2. The number of carbonyl (C=O) groups is 1. The molecule has 0 radical (unpaired) electrons. The lowest BCUT2D eigenvalue weighted by atomic mass is 10.1. The van der Waals surface area contributed by atoms with E-state index in [0.29, 0.717) is 18.0 Å². The lowest BCUT2D eigenvalue weighted by Gasteiger charge is -2.08. The Kier molecular flexibility index (Phi) is 5.31. The van der Waals surface area contributed by atoms with Crippen molar-refractivity contribution in [3.05, 3.63) is 65.3 Å². The molecule has 0 saturated carbocycles. The predicted molar refractivity (Wildman–Crippen MR) is 101 cm³/mol. The molecule has 0 atom stereocenters. The van der Waals surface area contributed by atoms with Crippen molar-refractivity contribution < 1.29 is 13.2 Å². The highest BCUT2D eigenvalue weighted by Crippen LogP contribution is 2.20. The van der Waals surface area contributed by atoms with E-state index in [1.54, 1.807) is 12.1 Å². The van der Waals surface area contributed by atoms with Gasteiger partial charge in [-0.15, -0.1) is 0 Å². The second-order valence-corrected chi connectivity index (χ2v) is 7.93. The lowest BCUT2D eigenvalue weighted by Crippen LogP contribution is -2.29. The van der Waals surface area contributed by atoms with Gasteiger partial charge in [0.15, 0.2) is 0 Å². The first-order chi connectivity index (χ1) is 12.3. The molecule has 3 N–H and O–H groups in total. The Bertz CT molecular complexity index is 1040. The molecule has 0 aliphatic rings. The zero-order valence-electron chi connectivity index (χ0n) is 13.9. The van der Waals surface area contributed by atoms with Crippen molar-refractivity contribution in [2.24, 2.45) is 5.14 Å². The summed E-state index contributed by atoms with van der Waals surface area (Å²) in [5.74, 6) is -0.108. The van der Waals surface area contributed by atoms with E-state index in [2.05, 4.69) is 5.32 Å². The molecule has 0 spiro atoms. The van der Waals surface area contributed by atoms with Gasteiger partial charge in [0.2, 0.25) is 15.9 Å². The van der Waals surface area contributed by atoms with Gasteiger partial charge in [-0.25, -0.2) is 13.6 Å².